The minimum Gasteiger partial charge on any atom is -0.351 e. The van der Waals surface area contributed by atoms with E-state index in [0.29, 0.717) is 11.4 Å². The molecule has 1 aromatic carbocycles. The molecule has 104 valence electrons. The molecule has 0 heterocycles. The maximum Gasteiger partial charge on any atom is 0.251 e. The zero-order chi connectivity index (χ0) is 13.7. The third kappa shape index (κ3) is 3.97. The first-order valence-electron chi connectivity index (χ1n) is 7.06. The number of carbonyl (C=O) groups excluding carboxylic acids is 1. The van der Waals surface area contributed by atoms with Gasteiger partial charge in [0, 0.05) is 18.0 Å². The summed E-state index contributed by atoms with van der Waals surface area (Å²) in [4.78, 5) is 12.1. The zero-order valence-corrected chi connectivity index (χ0v) is 12.3. The van der Waals surface area contributed by atoms with Gasteiger partial charge in [-0.15, -0.1) is 11.6 Å². The van der Waals surface area contributed by atoms with Gasteiger partial charge in [0.15, 0.2) is 0 Å². The molecule has 2 nitrogen and oxygen atoms in total. The van der Waals surface area contributed by atoms with Gasteiger partial charge in [0.2, 0.25) is 0 Å². The minimum absolute atomic E-state index is 0.0127. The van der Waals surface area contributed by atoms with Gasteiger partial charge in [-0.05, 0) is 36.0 Å². The Labute approximate surface area is 120 Å². The molecular formula is C16H22ClNO. The normalized spacial score (nSPS) is 18.0. The molecule has 1 amide bonds. The van der Waals surface area contributed by atoms with Gasteiger partial charge in [0.1, 0.15) is 0 Å². The summed E-state index contributed by atoms with van der Waals surface area (Å²) in [7, 11) is 0. The van der Waals surface area contributed by atoms with Gasteiger partial charge in [-0.3, -0.25) is 4.79 Å². The van der Waals surface area contributed by atoms with Crippen LogP contribution in [0.15, 0.2) is 24.3 Å². The quantitative estimate of drug-likeness (QED) is 0.825. The lowest BCUT2D eigenvalue weighted by Gasteiger charge is -2.33. The third-order valence-electron chi connectivity index (χ3n) is 4.08. The van der Waals surface area contributed by atoms with E-state index < -0.39 is 0 Å². The van der Waals surface area contributed by atoms with Crippen LogP contribution in [0.2, 0.25) is 0 Å². The molecular weight excluding hydrogens is 258 g/mol. The number of rotatable bonds is 4. The number of amides is 1. The highest BCUT2D eigenvalue weighted by Gasteiger charge is 2.27. The molecule has 0 spiro atoms. The maximum absolute atomic E-state index is 12.1. The summed E-state index contributed by atoms with van der Waals surface area (Å²) in [6, 6.07) is 7.53. The molecule has 1 fully saturated rings. The third-order valence-corrected chi connectivity index (χ3v) is 4.39. The number of benzene rings is 1. The van der Waals surface area contributed by atoms with Crippen LogP contribution in [-0.2, 0) is 5.88 Å². The van der Waals surface area contributed by atoms with Gasteiger partial charge in [-0.25, -0.2) is 0 Å². The Kier molecular flexibility index (Phi) is 4.87. The van der Waals surface area contributed by atoms with Crippen molar-refractivity contribution in [2.24, 2.45) is 5.41 Å². The van der Waals surface area contributed by atoms with Gasteiger partial charge < -0.3 is 5.32 Å². The van der Waals surface area contributed by atoms with E-state index >= 15 is 0 Å². The number of carbonyl (C=O) groups is 1. The van der Waals surface area contributed by atoms with Crippen LogP contribution < -0.4 is 5.32 Å². The van der Waals surface area contributed by atoms with E-state index in [0.717, 1.165) is 12.1 Å². The van der Waals surface area contributed by atoms with Crippen molar-refractivity contribution in [1.82, 2.24) is 5.32 Å². The molecule has 1 N–H and O–H groups in total. The SMILES string of the molecule is CC1(CNC(=O)c2cccc(CCl)c2)CCCCC1. The Morgan fingerprint density at radius 3 is 2.74 bits per heavy atom. The second-order valence-electron chi connectivity index (χ2n) is 5.89. The summed E-state index contributed by atoms with van der Waals surface area (Å²) in [5, 5.41) is 3.08. The van der Waals surface area contributed by atoms with Crippen molar-refractivity contribution in [2.45, 2.75) is 44.9 Å². The van der Waals surface area contributed by atoms with Gasteiger partial charge >= 0.3 is 0 Å². The molecule has 1 saturated carbocycles. The van der Waals surface area contributed by atoms with Crippen LogP contribution >= 0.6 is 11.6 Å². The summed E-state index contributed by atoms with van der Waals surface area (Å²) < 4.78 is 0. The monoisotopic (exact) mass is 279 g/mol. The van der Waals surface area contributed by atoms with E-state index in [1.54, 1.807) is 0 Å². The first-order chi connectivity index (χ1) is 9.13. The highest BCUT2D eigenvalue weighted by molar-refractivity contribution is 6.17. The van der Waals surface area contributed by atoms with Crippen LogP contribution in [0.5, 0.6) is 0 Å². The number of nitrogens with one attached hydrogen (secondary N) is 1. The summed E-state index contributed by atoms with van der Waals surface area (Å²) in [6.07, 6.45) is 6.34. The number of hydrogen-bond acceptors (Lipinski definition) is 1. The molecule has 1 aliphatic carbocycles. The molecule has 1 aromatic rings. The summed E-state index contributed by atoms with van der Waals surface area (Å²) in [5.41, 5.74) is 1.97. The predicted molar refractivity (Wildman–Crippen MR) is 79.5 cm³/mol. The van der Waals surface area contributed by atoms with Crippen LogP contribution in [0.4, 0.5) is 0 Å². The van der Waals surface area contributed by atoms with Crippen molar-refractivity contribution in [1.29, 1.82) is 0 Å². The van der Waals surface area contributed by atoms with E-state index in [1.807, 2.05) is 24.3 Å². The molecule has 0 aromatic heterocycles. The maximum atomic E-state index is 12.1. The Bertz CT molecular complexity index is 438. The summed E-state index contributed by atoms with van der Waals surface area (Å²) in [6.45, 7) is 3.05. The Morgan fingerprint density at radius 2 is 2.05 bits per heavy atom. The first kappa shape index (κ1) is 14.4. The van der Waals surface area contributed by atoms with Crippen LogP contribution in [0.1, 0.15) is 54.9 Å². The first-order valence-corrected chi connectivity index (χ1v) is 7.60. The van der Waals surface area contributed by atoms with Gasteiger partial charge in [0.05, 0.1) is 0 Å². The highest BCUT2D eigenvalue weighted by Crippen LogP contribution is 2.34. The van der Waals surface area contributed by atoms with Crippen molar-refractivity contribution < 1.29 is 4.79 Å². The molecule has 0 radical (unpaired) electrons. The Balaban J connectivity index is 1.93. The second-order valence-corrected chi connectivity index (χ2v) is 6.16. The lowest BCUT2D eigenvalue weighted by atomic mass is 9.76. The van der Waals surface area contributed by atoms with E-state index in [4.69, 9.17) is 11.6 Å². The fraction of sp³-hybridized carbons (Fsp3) is 0.562. The van der Waals surface area contributed by atoms with Crippen molar-refractivity contribution in [3.63, 3.8) is 0 Å². The van der Waals surface area contributed by atoms with E-state index in [2.05, 4.69) is 12.2 Å². The average Bonchev–Trinajstić information content (AvgIpc) is 2.46. The molecule has 0 bridgehead atoms. The fourth-order valence-corrected chi connectivity index (χ4v) is 2.94. The van der Waals surface area contributed by atoms with Crippen LogP contribution in [-0.4, -0.2) is 12.5 Å². The smallest absolute Gasteiger partial charge is 0.251 e. The highest BCUT2D eigenvalue weighted by atomic mass is 35.5. The van der Waals surface area contributed by atoms with Crippen molar-refractivity contribution in [3.8, 4) is 0 Å². The van der Waals surface area contributed by atoms with Crippen molar-refractivity contribution in [3.05, 3.63) is 35.4 Å². The zero-order valence-electron chi connectivity index (χ0n) is 11.5. The van der Waals surface area contributed by atoms with E-state index in [1.165, 1.54) is 32.1 Å². The lowest BCUT2D eigenvalue weighted by Crippen LogP contribution is -2.37. The minimum atomic E-state index is 0.0127. The number of alkyl halides is 1. The fourth-order valence-electron chi connectivity index (χ4n) is 2.77. The Hall–Kier alpha value is -1.02. The van der Waals surface area contributed by atoms with E-state index in [-0.39, 0.29) is 11.3 Å². The van der Waals surface area contributed by atoms with Crippen molar-refractivity contribution >= 4 is 17.5 Å². The van der Waals surface area contributed by atoms with Crippen LogP contribution in [0.25, 0.3) is 0 Å². The summed E-state index contributed by atoms with van der Waals surface area (Å²) in [5.74, 6) is 0.456. The molecule has 1 aliphatic rings. The molecule has 0 aliphatic heterocycles. The predicted octanol–water partition coefficient (Wildman–Crippen LogP) is 4.13. The van der Waals surface area contributed by atoms with Crippen molar-refractivity contribution in [2.75, 3.05) is 6.54 Å². The summed E-state index contributed by atoms with van der Waals surface area (Å²) >= 11 is 5.79. The molecule has 0 atom stereocenters. The lowest BCUT2D eigenvalue weighted by molar-refractivity contribution is 0.0919. The molecule has 19 heavy (non-hydrogen) atoms. The van der Waals surface area contributed by atoms with Gasteiger partial charge in [0.25, 0.3) is 5.91 Å². The molecule has 2 rings (SSSR count). The molecule has 0 saturated heterocycles. The van der Waals surface area contributed by atoms with E-state index in [9.17, 15) is 4.79 Å². The Morgan fingerprint density at radius 1 is 1.32 bits per heavy atom. The standard InChI is InChI=1S/C16H22ClNO/c1-16(8-3-2-4-9-16)12-18-15(19)14-7-5-6-13(10-14)11-17/h5-7,10H,2-4,8-9,11-12H2,1H3,(H,18,19). The average molecular weight is 280 g/mol. The van der Waals surface area contributed by atoms with Crippen LogP contribution in [0.3, 0.4) is 0 Å². The molecule has 3 heteroatoms. The largest absolute Gasteiger partial charge is 0.351 e. The molecule has 0 unspecified atom stereocenters. The topological polar surface area (TPSA) is 29.1 Å². The number of halogens is 1. The van der Waals surface area contributed by atoms with Crippen LogP contribution in [0, 0.1) is 5.41 Å². The van der Waals surface area contributed by atoms with Gasteiger partial charge in [-0.2, -0.15) is 0 Å². The number of hydrogen-bond donors (Lipinski definition) is 1. The van der Waals surface area contributed by atoms with Gasteiger partial charge in [-0.1, -0.05) is 38.3 Å². The second kappa shape index (κ2) is 6.42.